The summed E-state index contributed by atoms with van der Waals surface area (Å²) in [5.41, 5.74) is 1.46. The van der Waals surface area contributed by atoms with Crippen molar-refractivity contribution in [3.05, 3.63) is 30.3 Å². The van der Waals surface area contributed by atoms with Crippen molar-refractivity contribution in [1.82, 2.24) is 5.32 Å². The number of para-hydroxylation sites is 1. The second-order valence-electron chi connectivity index (χ2n) is 5.11. The van der Waals surface area contributed by atoms with E-state index in [1.807, 2.05) is 0 Å². The fourth-order valence-electron chi connectivity index (χ4n) is 2.94. The van der Waals surface area contributed by atoms with Crippen molar-refractivity contribution < 1.29 is 5.11 Å². The average molecular weight is 248 g/mol. The minimum Gasteiger partial charge on any atom is -0.396 e. The smallest absolute Gasteiger partial charge is 0.0448 e. The summed E-state index contributed by atoms with van der Waals surface area (Å²) < 4.78 is 0. The Kier molecular flexibility index (Phi) is 4.61. The highest BCUT2D eigenvalue weighted by molar-refractivity contribution is 5.46. The van der Waals surface area contributed by atoms with Crippen LogP contribution in [0.25, 0.3) is 0 Å². The van der Waals surface area contributed by atoms with Gasteiger partial charge in [-0.1, -0.05) is 25.1 Å². The van der Waals surface area contributed by atoms with Crippen LogP contribution in [0.15, 0.2) is 30.3 Å². The highest BCUT2D eigenvalue weighted by Gasteiger charge is 2.33. The van der Waals surface area contributed by atoms with Gasteiger partial charge in [-0.2, -0.15) is 0 Å². The summed E-state index contributed by atoms with van der Waals surface area (Å²) in [5, 5.41) is 12.8. The molecule has 0 saturated carbocycles. The summed E-state index contributed by atoms with van der Waals surface area (Å²) in [6.45, 7) is 5.53. The average Bonchev–Trinajstić information content (AvgIpc) is 2.41. The van der Waals surface area contributed by atoms with Gasteiger partial charge in [0.1, 0.15) is 0 Å². The molecule has 0 amide bonds. The fraction of sp³-hybridized carbons (Fsp3) is 0.600. The number of rotatable bonds is 5. The molecular formula is C15H24N2O. The van der Waals surface area contributed by atoms with E-state index >= 15 is 0 Å². The summed E-state index contributed by atoms with van der Waals surface area (Å²) >= 11 is 0. The number of nitrogens with one attached hydrogen (secondary N) is 1. The van der Waals surface area contributed by atoms with E-state index in [-0.39, 0.29) is 12.1 Å². The summed E-state index contributed by atoms with van der Waals surface area (Å²) in [5.74, 6) is 0. The first-order chi connectivity index (χ1) is 8.79. The molecule has 0 unspecified atom stereocenters. The van der Waals surface area contributed by atoms with E-state index in [4.69, 9.17) is 0 Å². The van der Waals surface area contributed by atoms with E-state index in [1.165, 1.54) is 5.69 Å². The largest absolute Gasteiger partial charge is 0.396 e. The number of nitrogens with zero attached hydrogens (tertiary/aromatic N) is 1. The lowest BCUT2D eigenvalue weighted by Gasteiger charge is -2.43. The second-order valence-corrected chi connectivity index (χ2v) is 5.11. The first-order valence-corrected chi connectivity index (χ1v) is 6.95. The molecule has 3 nitrogen and oxygen atoms in total. The predicted molar refractivity (Wildman–Crippen MR) is 76.0 cm³/mol. The lowest BCUT2D eigenvalue weighted by molar-refractivity contribution is 0.182. The Morgan fingerprint density at radius 3 is 2.44 bits per heavy atom. The zero-order valence-corrected chi connectivity index (χ0v) is 11.2. The van der Waals surface area contributed by atoms with Gasteiger partial charge in [-0.15, -0.1) is 0 Å². The van der Waals surface area contributed by atoms with Gasteiger partial charge in [0.15, 0.2) is 0 Å². The molecule has 3 heteroatoms. The number of piperidine rings is 1. The van der Waals surface area contributed by atoms with E-state index in [1.54, 1.807) is 0 Å². The van der Waals surface area contributed by atoms with Crippen LogP contribution in [-0.4, -0.2) is 36.9 Å². The molecule has 0 spiro atoms. The van der Waals surface area contributed by atoms with E-state index in [0.717, 1.165) is 38.9 Å². The highest BCUT2D eigenvalue weighted by Crippen LogP contribution is 2.28. The van der Waals surface area contributed by atoms with Crippen LogP contribution in [0.2, 0.25) is 0 Å². The van der Waals surface area contributed by atoms with E-state index in [0.29, 0.717) is 0 Å². The van der Waals surface area contributed by atoms with Crippen LogP contribution in [0.4, 0.5) is 5.69 Å². The minimum atomic E-state index is 0.148. The minimum absolute atomic E-state index is 0.148. The van der Waals surface area contributed by atoms with E-state index in [9.17, 15) is 5.11 Å². The van der Waals surface area contributed by atoms with Crippen molar-refractivity contribution in [2.45, 2.75) is 31.7 Å². The van der Waals surface area contributed by atoms with Crippen molar-refractivity contribution in [2.24, 2.45) is 0 Å². The summed E-state index contributed by atoms with van der Waals surface area (Å²) in [7, 11) is 0. The zero-order chi connectivity index (χ0) is 12.8. The third kappa shape index (κ3) is 3.03. The summed E-state index contributed by atoms with van der Waals surface area (Å²) in [6.07, 6.45) is 3.08. The number of hydrogen-bond donors (Lipinski definition) is 2. The molecule has 2 rings (SSSR count). The van der Waals surface area contributed by atoms with Gasteiger partial charge in [0, 0.05) is 30.9 Å². The Morgan fingerprint density at radius 2 is 1.89 bits per heavy atom. The third-order valence-electron chi connectivity index (χ3n) is 3.98. The quantitative estimate of drug-likeness (QED) is 0.837. The maximum Gasteiger partial charge on any atom is 0.0448 e. The molecule has 2 N–H and O–H groups in total. The molecule has 0 radical (unpaired) electrons. The molecule has 0 bridgehead atoms. The van der Waals surface area contributed by atoms with Crippen molar-refractivity contribution in [3.8, 4) is 0 Å². The molecule has 1 heterocycles. The van der Waals surface area contributed by atoms with Gasteiger partial charge in [-0.05, 0) is 37.9 Å². The molecule has 1 saturated heterocycles. The molecule has 1 fully saturated rings. The van der Waals surface area contributed by atoms with Crippen LogP contribution < -0.4 is 10.2 Å². The molecule has 1 aliphatic rings. The van der Waals surface area contributed by atoms with Crippen LogP contribution in [0.1, 0.15) is 26.2 Å². The van der Waals surface area contributed by atoms with Crippen molar-refractivity contribution >= 4 is 5.69 Å². The number of aliphatic hydroxyl groups is 1. The second kappa shape index (κ2) is 6.21. The number of aliphatic hydroxyl groups excluding tert-OH is 1. The Bertz CT molecular complexity index is 337. The predicted octanol–water partition coefficient (Wildman–Crippen LogP) is 2.02. The molecular weight excluding hydrogens is 224 g/mol. The van der Waals surface area contributed by atoms with E-state index < -0.39 is 0 Å². The van der Waals surface area contributed by atoms with Crippen LogP contribution in [-0.2, 0) is 0 Å². The zero-order valence-electron chi connectivity index (χ0n) is 11.2. The molecule has 1 aliphatic heterocycles. The summed E-state index contributed by atoms with van der Waals surface area (Å²) in [4.78, 5) is 2.44. The third-order valence-corrected chi connectivity index (χ3v) is 3.98. The molecule has 0 atom stereocenters. The van der Waals surface area contributed by atoms with Gasteiger partial charge in [0.05, 0.1) is 0 Å². The summed E-state index contributed by atoms with van der Waals surface area (Å²) in [6, 6.07) is 10.6. The SMILES string of the molecule is CCNC1(CCO)CCN(c2ccccc2)CC1. The Morgan fingerprint density at radius 1 is 1.22 bits per heavy atom. The van der Waals surface area contributed by atoms with Gasteiger partial charge >= 0.3 is 0 Å². The number of anilines is 1. The molecule has 100 valence electrons. The Balaban J connectivity index is 1.97. The standard InChI is InChI=1S/C15H24N2O/c1-2-16-15(10-13-18)8-11-17(12-9-15)14-6-4-3-5-7-14/h3-7,16,18H,2,8-13H2,1H3. The van der Waals surface area contributed by atoms with Crippen molar-refractivity contribution in [2.75, 3.05) is 31.1 Å². The normalized spacial score (nSPS) is 18.9. The lowest BCUT2D eigenvalue weighted by Crippen LogP contribution is -2.54. The van der Waals surface area contributed by atoms with Crippen LogP contribution in [0, 0.1) is 0 Å². The van der Waals surface area contributed by atoms with Gasteiger partial charge in [-0.25, -0.2) is 0 Å². The van der Waals surface area contributed by atoms with Gasteiger partial charge in [0.25, 0.3) is 0 Å². The molecule has 18 heavy (non-hydrogen) atoms. The lowest BCUT2D eigenvalue weighted by atomic mass is 9.84. The van der Waals surface area contributed by atoms with E-state index in [2.05, 4.69) is 47.5 Å². The molecule has 0 aromatic heterocycles. The first kappa shape index (κ1) is 13.4. The fourth-order valence-corrected chi connectivity index (χ4v) is 2.94. The van der Waals surface area contributed by atoms with Crippen LogP contribution in [0.5, 0.6) is 0 Å². The maximum absolute atomic E-state index is 9.24. The highest BCUT2D eigenvalue weighted by atomic mass is 16.3. The van der Waals surface area contributed by atoms with Crippen LogP contribution >= 0.6 is 0 Å². The monoisotopic (exact) mass is 248 g/mol. The Labute approximate surface area is 110 Å². The molecule has 0 aliphatic carbocycles. The van der Waals surface area contributed by atoms with Crippen molar-refractivity contribution in [1.29, 1.82) is 0 Å². The van der Waals surface area contributed by atoms with Crippen LogP contribution in [0.3, 0.4) is 0 Å². The van der Waals surface area contributed by atoms with Gasteiger partial charge in [0.2, 0.25) is 0 Å². The van der Waals surface area contributed by atoms with Gasteiger partial charge < -0.3 is 15.3 Å². The number of benzene rings is 1. The maximum atomic E-state index is 9.24. The first-order valence-electron chi connectivity index (χ1n) is 6.95. The molecule has 1 aromatic rings. The topological polar surface area (TPSA) is 35.5 Å². The van der Waals surface area contributed by atoms with Crippen molar-refractivity contribution in [3.63, 3.8) is 0 Å². The van der Waals surface area contributed by atoms with Gasteiger partial charge in [-0.3, -0.25) is 0 Å². The Hall–Kier alpha value is -1.06. The number of hydrogen-bond acceptors (Lipinski definition) is 3. The molecule has 1 aromatic carbocycles.